The van der Waals surface area contributed by atoms with Gasteiger partial charge in [-0.15, -0.1) is 0 Å². The summed E-state index contributed by atoms with van der Waals surface area (Å²) < 4.78 is 0. The van der Waals surface area contributed by atoms with Crippen molar-refractivity contribution in [3.63, 3.8) is 0 Å². The Labute approximate surface area is 101 Å². The molecule has 0 saturated heterocycles. The van der Waals surface area contributed by atoms with Crippen LogP contribution < -0.4 is 0 Å². The molecule has 94 valence electrons. The van der Waals surface area contributed by atoms with Crippen molar-refractivity contribution < 1.29 is 5.11 Å². The van der Waals surface area contributed by atoms with Crippen molar-refractivity contribution in [1.29, 1.82) is 0 Å². The number of aliphatic hydroxyl groups is 1. The minimum Gasteiger partial charge on any atom is -0.393 e. The van der Waals surface area contributed by atoms with Gasteiger partial charge in [0.05, 0.1) is 6.10 Å². The monoisotopic (exact) mass is 224 g/mol. The summed E-state index contributed by atoms with van der Waals surface area (Å²) in [6.07, 6.45) is 9.31. The van der Waals surface area contributed by atoms with Crippen molar-refractivity contribution in [1.82, 2.24) is 0 Å². The maximum Gasteiger partial charge on any atom is 0.0600 e. The van der Waals surface area contributed by atoms with Gasteiger partial charge in [0.1, 0.15) is 0 Å². The van der Waals surface area contributed by atoms with Gasteiger partial charge >= 0.3 is 0 Å². The average Bonchev–Trinajstić information content (AvgIpc) is 2.25. The van der Waals surface area contributed by atoms with E-state index in [0.717, 1.165) is 18.8 Å². The van der Waals surface area contributed by atoms with Crippen molar-refractivity contribution in [3.05, 3.63) is 23.8 Å². The molecule has 1 nitrogen and oxygen atoms in total. The Morgan fingerprint density at radius 2 is 1.88 bits per heavy atom. The summed E-state index contributed by atoms with van der Waals surface area (Å²) in [5, 5.41) is 10.0. The minimum absolute atomic E-state index is 0.200. The number of aliphatic hydroxyl groups excluding tert-OH is 1. The highest BCUT2D eigenvalue weighted by Crippen LogP contribution is 2.17. The van der Waals surface area contributed by atoms with E-state index >= 15 is 0 Å². The maximum atomic E-state index is 10.0. The Morgan fingerprint density at radius 3 is 2.38 bits per heavy atom. The minimum atomic E-state index is -0.200. The highest BCUT2D eigenvalue weighted by atomic mass is 16.3. The van der Waals surface area contributed by atoms with Crippen LogP contribution in [0.1, 0.15) is 53.9 Å². The third kappa shape index (κ3) is 6.84. The van der Waals surface area contributed by atoms with Crippen LogP contribution in [0.5, 0.6) is 0 Å². The number of rotatable bonds is 7. The second-order valence-corrected chi connectivity index (χ2v) is 4.93. The Balaban J connectivity index is 4.08. The summed E-state index contributed by atoms with van der Waals surface area (Å²) in [6.45, 7) is 10.6. The zero-order valence-electron chi connectivity index (χ0n) is 11.5. The van der Waals surface area contributed by atoms with E-state index in [1.54, 1.807) is 0 Å². The smallest absolute Gasteiger partial charge is 0.0600 e. The zero-order chi connectivity index (χ0) is 12.6. The van der Waals surface area contributed by atoms with Crippen LogP contribution in [0.4, 0.5) is 0 Å². The van der Waals surface area contributed by atoms with Crippen molar-refractivity contribution >= 4 is 0 Å². The molecule has 0 radical (unpaired) electrons. The Bertz CT molecular complexity index is 228. The first-order valence-corrected chi connectivity index (χ1v) is 6.50. The van der Waals surface area contributed by atoms with Gasteiger partial charge in [-0.1, -0.05) is 51.0 Å². The van der Waals surface area contributed by atoms with Gasteiger partial charge in [-0.25, -0.2) is 0 Å². The zero-order valence-corrected chi connectivity index (χ0v) is 11.5. The van der Waals surface area contributed by atoms with E-state index < -0.39 is 0 Å². The predicted octanol–water partition coefficient (Wildman–Crippen LogP) is 4.33. The fraction of sp³-hybridized carbons (Fsp3) is 0.733. The summed E-state index contributed by atoms with van der Waals surface area (Å²) >= 11 is 0. The second kappa shape index (κ2) is 8.58. The molecule has 3 unspecified atom stereocenters. The van der Waals surface area contributed by atoms with Crippen molar-refractivity contribution in [3.8, 4) is 0 Å². The number of hydrogen-bond acceptors (Lipinski definition) is 1. The number of hydrogen-bond donors (Lipinski definition) is 1. The summed E-state index contributed by atoms with van der Waals surface area (Å²) in [6, 6.07) is 0. The van der Waals surface area contributed by atoms with Crippen LogP contribution in [-0.4, -0.2) is 11.2 Å². The first-order valence-electron chi connectivity index (χ1n) is 6.50. The lowest BCUT2D eigenvalue weighted by Crippen LogP contribution is -2.17. The Kier molecular flexibility index (Phi) is 8.28. The van der Waals surface area contributed by atoms with Crippen molar-refractivity contribution in [2.75, 3.05) is 0 Å². The van der Waals surface area contributed by atoms with Gasteiger partial charge in [0.25, 0.3) is 0 Å². The number of allylic oxidation sites excluding steroid dienone is 3. The molecule has 0 bridgehead atoms. The van der Waals surface area contributed by atoms with Crippen LogP contribution >= 0.6 is 0 Å². The molecule has 0 fully saturated rings. The first-order chi connectivity index (χ1) is 7.51. The Morgan fingerprint density at radius 1 is 1.25 bits per heavy atom. The van der Waals surface area contributed by atoms with Gasteiger partial charge in [-0.2, -0.15) is 0 Å². The van der Waals surface area contributed by atoms with E-state index in [1.807, 2.05) is 13.0 Å². The second-order valence-electron chi connectivity index (χ2n) is 4.93. The molecule has 3 atom stereocenters. The highest BCUT2D eigenvalue weighted by Gasteiger charge is 2.12. The molecule has 0 spiro atoms. The molecule has 0 aromatic carbocycles. The van der Waals surface area contributed by atoms with E-state index in [-0.39, 0.29) is 12.0 Å². The SMILES string of the molecule is C/C=C/C(C)=C/C(C)C(O)CCC(C)CC. The molecule has 1 N–H and O–H groups in total. The van der Waals surface area contributed by atoms with Crippen LogP contribution in [0.15, 0.2) is 23.8 Å². The van der Waals surface area contributed by atoms with E-state index in [9.17, 15) is 5.11 Å². The summed E-state index contributed by atoms with van der Waals surface area (Å²) in [7, 11) is 0. The predicted molar refractivity (Wildman–Crippen MR) is 72.4 cm³/mol. The fourth-order valence-electron chi connectivity index (χ4n) is 1.77. The maximum absolute atomic E-state index is 10.0. The van der Waals surface area contributed by atoms with Crippen molar-refractivity contribution in [2.45, 2.75) is 60.0 Å². The van der Waals surface area contributed by atoms with Crippen LogP contribution in [0.3, 0.4) is 0 Å². The molecule has 0 aromatic rings. The van der Waals surface area contributed by atoms with E-state index in [0.29, 0.717) is 0 Å². The fourth-order valence-corrected chi connectivity index (χ4v) is 1.77. The van der Waals surface area contributed by atoms with Crippen LogP contribution in [0.2, 0.25) is 0 Å². The lowest BCUT2D eigenvalue weighted by Gasteiger charge is -2.18. The molecule has 0 heterocycles. The molecule has 0 aromatic heterocycles. The first kappa shape index (κ1) is 15.4. The average molecular weight is 224 g/mol. The molecule has 16 heavy (non-hydrogen) atoms. The van der Waals surface area contributed by atoms with Crippen LogP contribution in [-0.2, 0) is 0 Å². The van der Waals surface area contributed by atoms with Crippen molar-refractivity contribution in [2.24, 2.45) is 11.8 Å². The summed E-state index contributed by atoms with van der Waals surface area (Å²) in [5.74, 6) is 0.975. The van der Waals surface area contributed by atoms with Crippen LogP contribution in [0.25, 0.3) is 0 Å². The standard InChI is InChI=1S/C15H28O/c1-6-8-13(4)11-14(5)15(16)10-9-12(3)7-2/h6,8,11-12,14-16H,7,9-10H2,1-5H3/b8-6+,13-11+. The highest BCUT2D eigenvalue weighted by molar-refractivity contribution is 5.16. The van der Waals surface area contributed by atoms with Gasteiger partial charge in [0.2, 0.25) is 0 Å². The van der Waals surface area contributed by atoms with Gasteiger partial charge in [-0.05, 0) is 32.6 Å². The summed E-state index contributed by atoms with van der Waals surface area (Å²) in [4.78, 5) is 0. The summed E-state index contributed by atoms with van der Waals surface area (Å²) in [5.41, 5.74) is 1.23. The molecule has 0 aliphatic heterocycles. The third-order valence-electron chi connectivity index (χ3n) is 3.21. The molecule has 0 amide bonds. The molecular formula is C15H28O. The van der Waals surface area contributed by atoms with Gasteiger partial charge in [0, 0.05) is 5.92 Å². The molecule has 0 rings (SSSR count). The molecule has 0 aliphatic carbocycles. The Hall–Kier alpha value is -0.560. The van der Waals surface area contributed by atoms with Gasteiger partial charge in [-0.3, -0.25) is 0 Å². The van der Waals surface area contributed by atoms with Gasteiger partial charge in [0.15, 0.2) is 0 Å². The van der Waals surface area contributed by atoms with Crippen LogP contribution in [0, 0.1) is 11.8 Å². The molecular weight excluding hydrogens is 196 g/mol. The van der Waals surface area contributed by atoms with E-state index in [1.165, 1.54) is 12.0 Å². The molecule has 1 heteroatoms. The lowest BCUT2D eigenvalue weighted by molar-refractivity contribution is 0.120. The molecule has 0 aliphatic rings. The topological polar surface area (TPSA) is 20.2 Å². The van der Waals surface area contributed by atoms with Gasteiger partial charge < -0.3 is 5.11 Å². The quantitative estimate of drug-likeness (QED) is 0.638. The largest absolute Gasteiger partial charge is 0.393 e. The third-order valence-corrected chi connectivity index (χ3v) is 3.21. The molecule has 0 saturated carbocycles. The normalized spacial score (nSPS) is 18.8. The van der Waals surface area contributed by atoms with E-state index in [2.05, 4.69) is 39.8 Å². The lowest BCUT2D eigenvalue weighted by atomic mass is 9.93. The van der Waals surface area contributed by atoms with E-state index in [4.69, 9.17) is 0 Å².